The van der Waals surface area contributed by atoms with Crippen molar-refractivity contribution in [3.63, 3.8) is 0 Å². The zero-order valence-electron chi connectivity index (χ0n) is 8.68. The van der Waals surface area contributed by atoms with Crippen LogP contribution >= 0.6 is 0 Å². The van der Waals surface area contributed by atoms with Crippen molar-refractivity contribution in [3.8, 4) is 0 Å². The molecule has 4 heteroatoms. The third-order valence-electron chi connectivity index (χ3n) is 2.31. The summed E-state index contributed by atoms with van der Waals surface area (Å²) in [6.45, 7) is 0. The number of halogens is 1. The third kappa shape index (κ3) is 2.61. The predicted octanol–water partition coefficient (Wildman–Crippen LogP) is 1.86. The Morgan fingerprint density at radius 2 is 2.19 bits per heavy atom. The van der Waals surface area contributed by atoms with Crippen molar-refractivity contribution in [3.05, 3.63) is 59.9 Å². The number of nitrogens with zero attached hydrogens (tertiary/aromatic N) is 2. The molecule has 0 amide bonds. The van der Waals surface area contributed by atoms with Crippen molar-refractivity contribution in [1.29, 1.82) is 0 Å². The Kier molecular flexibility index (Phi) is 3.22. The molecule has 1 unspecified atom stereocenters. The monoisotopic (exact) mass is 217 g/mol. The first-order valence-corrected chi connectivity index (χ1v) is 5.01. The SMILES string of the molecule is NC(Cc1ccccn1)c1cncc(F)c1. The summed E-state index contributed by atoms with van der Waals surface area (Å²) in [6.07, 6.45) is 5.03. The van der Waals surface area contributed by atoms with Gasteiger partial charge in [0.05, 0.1) is 6.20 Å². The van der Waals surface area contributed by atoms with Crippen molar-refractivity contribution in [2.75, 3.05) is 0 Å². The van der Waals surface area contributed by atoms with Gasteiger partial charge in [0.25, 0.3) is 0 Å². The number of hydrogen-bond acceptors (Lipinski definition) is 3. The highest BCUT2D eigenvalue weighted by atomic mass is 19.1. The molecule has 0 spiro atoms. The van der Waals surface area contributed by atoms with Gasteiger partial charge in [-0.05, 0) is 23.8 Å². The number of hydrogen-bond donors (Lipinski definition) is 1. The number of nitrogens with two attached hydrogens (primary N) is 1. The highest BCUT2D eigenvalue weighted by Gasteiger charge is 2.08. The zero-order valence-corrected chi connectivity index (χ0v) is 8.68. The Bertz CT molecular complexity index is 459. The molecular formula is C12H12FN3. The van der Waals surface area contributed by atoms with Crippen LogP contribution in [-0.2, 0) is 6.42 Å². The van der Waals surface area contributed by atoms with Crippen LogP contribution in [0.3, 0.4) is 0 Å². The minimum Gasteiger partial charge on any atom is -0.324 e. The van der Waals surface area contributed by atoms with Crippen molar-refractivity contribution < 1.29 is 4.39 Å². The normalized spacial score (nSPS) is 12.4. The van der Waals surface area contributed by atoms with Crippen LogP contribution in [0.15, 0.2) is 42.9 Å². The van der Waals surface area contributed by atoms with Crippen LogP contribution in [0.5, 0.6) is 0 Å². The van der Waals surface area contributed by atoms with Crippen LogP contribution < -0.4 is 5.73 Å². The maximum atomic E-state index is 12.9. The second-order valence-electron chi connectivity index (χ2n) is 3.57. The van der Waals surface area contributed by atoms with E-state index in [2.05, 4.69) is 9.97 Å². The molecule has 0 aromatic carbocycles. The second kappa shape index (κ2) is 4.81. The minimum atomic E-state index is -0.367. The van der Waals surface area contributed by atoms with Crippen LogP contribution in [0.25, 0.3) is 0 Å². The lowest BCUT2D eigenvalue weighted by atomic mass is 10.0. The Hall–Kier alpha value is -1.81. The molecule has 2 heterocycles. The zero-order chi connectivity index (χ0) is 11.4. The van der Waals surface area contributed by atoms with Crippen LogP contribution in [0.4, 0.5) is 4.39 Å². The molecule has 0 saturated carbocycles. The van der Waals surface area contributed by atoms with Crippen LogP contribution in [-0.4, -0.2) is 9.97 Å². The Morgan fingerprint density at radius 3 is 2.88 bits per heavy atom. The first-order valence-electron chi connectivity index (χ1n) is 5.01. The van der Waals surface area contributed by atoms with E-state index in [-0.39, 0.29) is 11.9 Å². The first-order chi connectivity index (χ1) is 7.75. The molecule has 2 rings (SSSR count). The first kappa shape index (κ1) is 10.7. The van der Waals surface area contributed by atoms with Gasteiger partial charge < -0.3 is 5.73 Å². The molecule has 1 atom stereocenters. The molecule has 2 N–H and O–H groups in total. The number of aromatic nitrogens is 2. The van der Waals surface area contributed by atoms with Gasteiger partial charge in [-0.3, -0.25) is 9.97 Å². The second-order valence-corrected chi connectivity index (χ2v) is 3.57. The van der Waals surface area contributed by atoms with Crippen molar-refractivity contribution >= 4 is 0 Å². The molecule has 0 aliphatic carbocycles. The van der Waals surface area contributed by atoms with E-state index < -0.39 is 0 Å². The Balaban J connectivity index is 2.12. The third-order valence-corrected chi connectivity index (χ3v) is 2.31. The molecule has 0 bridgehead atoms. The fourth-order valence-electron chi connectivity index (χ4n) is 1.49. The molecule has 0 radical (unpaired) electrons. The molecule has 0 saturated heterocycles. The summed E-state index contributed by atoms with van der Waals surface area (Å²) in [5.41, 5.74) is 7.52. The van der Waals surface area contributed by atoms with Gasteiger partial charge in [0.2, 0.25) is 0 Å². The van der Waals surface area contributed by atoms with Gasteiger partial charge in [0.1, 0.15) is 5.82 Å². The fourth-order valence-corrected chi connectivity index (χ4v) is 1.49. The van der Waals surface area contributed by atoms with Crippen LogP contribution in [0, 0.1) is 5.82 Å². The topological polar surface area (TPSA) is 51.8 Å². The van der Waals surface area contributed by atoms with Crippen molar-refractivity contribution in [2.45, 2.75) is 12.5 Å². The van der Waals surface area contributed by atoms with E-state index in [1.807, 2.05) is 18.2 Å². The van der Waals surface area contributed by atoms with E-state index in [4.69, 9.17) is 5.73 Å². The molecular weight excluding hydrogens is 205 g/mol. The van der Waals surface area contributed by atoms with Crippen molar-refractivity contribution in [1.82, 2.24) is 9.97 Å². The molecule has 0 aliphatic heterocycles. The molecule has 0 aliphatic rings. The standard InChI is InChI=1S/C12H12FN3/c13-10-5-9(7-15-8-10)12(14)6-11-3-1-2-4-16-11/h1-5,7-8,12H,6,14H2. The maximum absolute atomic E-state index is 12.9. The van der Waals surface area contributed by atoms with E-state index in [1.165, 1.54) is 6.07 Å². The summed E-state index contributed by atoms with van der Waals surface area (Å²) in [7, 11) is 0. The van der Waals surface area contributed by atoms with E-state index in [9.17, 15) is 4.39 Å². The lowest BCUT2D eigenvalue weighted by Crippen LogP contribution is -2.14. The van der Waals surface area contributed by atoms with E-state index in [1.54, 1.807) is 12.4 Å². The molecule has 16 heavy (non-hydrogen) atoms. The van der Waals surface area contributed by atoms with Crippen molar-refractivity contribution in [2.24, 2.45) is 5.73 Å². The minimum absolute atomic E-state index is 0.280. The predicted molar refractivity (Wildman–Crippen MR) is 59.1 cm³/mol. The highest BCUT2D eigenvalue weighted by Crippen LogP contribution is 2.14. The summed E-state index contributed by atoms with van der Waals surface area (Å²) in [5, 5.41) is 0. The summed E-state index contributed by atoms with van der Waals surface area (Å²) in [6, 6.07) is 6.77. The summed E-state index contributed by atoms with van der Waals surface area (Å²) >= 11 is 0. The Morgan fingerprint density at radius 1 is 1.31 bits per heavy atom. The molecule has 3 nitrogen and oxygen atoms in total. The van der Waals surface area contributed by atoms with Crippen LogP contribution in [0.2, 0.25) is 0 Å². The molecule has 2 aromatic rings. The molecule has 0 fully saturated rings. The van der Waals surface area contributed by atoms with E-state index in [0.29, 0.717) is 12.0 Å². The Labute approximate surface area is 93.2 Å². The maximum Gasteiger partial charge on any atom is 0.141 e. The van der Waals surface area contributed by atoms with Gasteiger partial charge in [0.15, 0.2) is 0 Å². The number of rotatable bonds is 3. The van der Waals surface area contributed by atoms with E-state index >= 15 is 0 Å². The summed E-state index contributed by atoms with van der Waals surface area (Å²) < 4.78 is 12.9. The van der Waals surface area contributed by atoms with Gasteiger partial charge in [-0.25, -0.2) is 4.39 Å². The lowest BCUT2D eigenvalue weighted by molar-refractivity contribution is 0.609. The number of pyridine rings is 2. The molecule has 82 valence electrons. The molecule has 2 aromatic heterocycles. The van der Waals surface area contributed by atoms with Gasteiger partial charge in [-0.15, -0.1) is 0 Å². The van der Waals surface area contributed by atoms with Crippen LogP contribution in [0.1, 0.15) is 17.3 Å². The average Bonchev–Trinajstić information content (AvgIpc) is 2.30. The van der Waals surface area contributed by atoms with Gasteiger partial charge in [0, 0.05) is 30.6 Å². The smallest absolute Gasteiger partial charge is 0.141 e. The lowest BCUT2D eigenvalue weighted by Gasteiger charge is -2.10. The summed E-state index contributed by atoms with van der Waals surface area (Å²) in [5.74, 6) is -0.367. The van der Waals surface area contributed by atoms with E-state index in [0.717, 1.165) is 11.9 Å². The van der Waals surface area contributed by atoms with Gasteiger partial charge in [-0.2, -0.15) is 0 Å². The average molecular weight is 217 g/mol. The fraction of sp³-hybridized carbons (Fsp3) is 0.167. The van der Waals surface area contributed by atoms with Gasteiger partial charge in [-0.1, -0.05) is 6.07 Å². The largest absolute Gasteiger partial charge is 0.324 e. The highest BCUT2D eigenvalue weighted by molar-refractivity contribution is 5.17. The summed E-state index contributed by atoms with van der Waals surface area (Å²) in [4.78, 5) is 7.94. The quantitative estimate of drug-likeness (QED) is 0.853. The van der Waals surface area contributed by atoms with Gasteiger partial charge >= 0.3 is 0 Å².